The van der Waals surface area contributed by atoms with Crippen LogP contribution in [0.15, 0.2) is 81.3 Å². The predicted octanol–water partition coefficient (Wildman–Crippen LogP) is 4.46. The molecule has 0 aliphatic carbocycles. The standard InChI is InChI=1S/C22H21N3O3S/c26-22(23-12-18-8-4-10-27-18)20-16-28-21(24-20)15-25(14-19-9-5-11-29-19)13-17-6-2-1-3-7-17/h1-11,16H,12-15H2,(H,23,26). The number of hydrogen-bond acceptors (Lipinski definition) is 6. The highest BCUT2D eigenvalue weighted by molar-refractivity contribution is 7.09. The molecule has 0 aliphatic rings. The second-order valence-electron chi connectivity index (χ2n) is 6.60. The van der Waals surface area contributed by atoms with Gasteiger partial charge in [-0.2, -0.15) is 0 Å². The van der Waals surface area contributed by atoms with Crippen molar-refractivity contribution in [3.05, 3.63) is 100 Å². The number of furan rings is 1. The van der Waals surface area contributed by atoms with Crippen molar-refractivity contribution in [1.29, 1.82) is 0 Å². The van der Waals surface area contributed by atoms with Gasteiger partial charge in [0.1, 0.15) is 12.0 Å². The quantitative estimate of drug-likeness (QED) is 0.443. The number of nitrogens with one attached hydrogen (secondary N) is 1. The molecule has 0 radical (unpaired) electrons. The van der Waals surface area contributed by atoms with Crippen molar-refractivity contribution in [2.24, 2.45) is 0 Å². The van der Waals surface area contributed by atoms with Crippen molar-refractivity contribution in [3.8, 4) is 0 Å². The maximum atomic E-state index is 12.3. The van der Waals surface area contributed by atoms with E-state index in [4.69, 9.17) is 8.83 Å². The molecule has 1 amide bonds. The Bertz CT molecular complexity index is 1010. The number of hydrogen-bond donors (Lipinski definition) is 1. The van der Waals surface area contributed by atoms with Crippen LogP contribution in [-0.2, 0) is 26.2 Å². The van der Waals surface area contributed by atoms with Gasteiger partial charge in [0.2, 0.25) is 5.89 Å². The van der Waals surface area contributed by atoms with Crippen molar-refractivity contribution in [1.82, 2.24) is 15.2 Å². The van der Waals surface area contributed by atoms with Crippen LogP contribution in [0, 0.1) is 0 Å². The molecule has 148 valence electrons. The highest BCUT2D eigenvalue weighted by Gasteiger charge is 2.16. The molecule has 3 heterocycles. The summed E-state index contributed by atoms with van der Waals surface area (Å²) in [5, 5.41) is 4.85. The molecule has 29 heavy (non-hydrogen) atoms. The first-order chi connectivity index (χ1) is 14.3. The molecule has 0 saturated heterocycles. The van der Waals surface area contributed by atoms with Gasteiger partial charge in [-0.05, 0) is 29.1 Å². The molecule has 0 spiro atoms. The molecule has 4 aromatic rings. The van der Waals surface area contributed by atoms with E-state index < -0.39 is 0 Å². The van der Waals surface area contributed by atoms with Crippen LogP contribution < -0.4 is 5.32 Å². The molecule has 0 aliphatic heterocycles. The monoisotopic (exact) mass is 407 g/mol. The number of thiophene rings is 1. The summed E-state index contributed by atoms with van der Waals surface area (Å²) in [6.45, 7) is 2.38. The van der Waals surface area contributed by atoms with Crippen LogP contribution >= 0.6 is 11.3 Å². The van der Waals surface area contributed by atoms with E-state index >= 15 is 0 Å². The van der Waals surface area contributed by atoms with E-state index in [1.165, 1.54) is 16.7 Å². The number of nitrogens with zero attached hydrogens (tertiary/aromatic N) is 2. The maximum absolute atomic E-state index is 12.3. The van der Waals surface area contributed by atoms with E-state index in [2.05, 4.69) is 38.8 Å². The summed E-state index contributed by atoms with van der Waals surface area (Å²) < 4.78 is 10.8. The smallest absolute Gasteiger partial charge is 0.273 e. The largest absolute Gasteiger partial charge is 0.467 e. The van der Waals surface area contributed by atoms with Gasteiger partial charge in [0.25, 0.3) is 5.91 Å². The fraction of sp³-hybridized carbons (Fsp3) is 0.182. The van der Waals surface area contributed by atoms with Crippen LogP contribution in [0.2, 0.25) is 0 Å². The zero-order valence-electron chi connectivity index (χ0n) is 15.8. The molecular formula is C22H21N3O3S. The second kappa shape index (κ2) is 9.36. The minimum Gasteiger partial charge on any atom is -0.467 e. The van der Waals surface area contributed by atoms with E-state index in [0.29, 0.717) is 24.7 Å². The summed E-state index contributed by atoms with van der Waals surface area (Å²) in [7, 11) is 0. The lowest BCUT2D eigenvalue weighted by molar-refractivity contribution is 0.0943. The Labute approximate surface area is 172 Å². The summed E-state index contributed by atoms with van der Waals surface area (Å²) in [5.41, 5.74) is 1.48. The Morgan fingerprint density at radius 3 is 2.66 bits per heavy atom. The second-order valence-corrected chi connectivity index (χ2v) is 7.63. The third-order valence-electron chi connectivity index (χ3n) is 4.36. The molecule has 6 nitrogen and oxygen atoms in total. The number of carbonyl (C=O) groups is 1. The summed E-state index contributed by atoms with van der Waals surface area (Å²) in [5.74, 6) is 0.914. The van der Waals surface area contributed by atoms with Gasteiger partial charge in [0.15, 0.2) is 5.69 Å². The highest BCUT2D eigenvalue weighted by Crippen LogP contribution is 2.17. The van der Waals surface area contributed by atoms with Crippen LogP contribution in [-0.4, -0.2) is 15.8 Å². The molecule has 4 rings (SSSR count). The van der Waals surface area contributed by atoms with Gasteiger partial charge in [-0.25, -0.2) is 4.98 Å². The molecule has 0 fully saturated rings. The minimum absolute atomic E-state index is 0.266. The van der Waals surface area contributed by atoms with Crippen LogP contribution in [0.1, 0.15) is 32.6 Å². The van der Waals surface area contributed by atoms with Gasteiger partial charge >= 0.3 is 0 Å². The summed E-state index contributed by atoms with van der Waals surface area (Å²) >= 11 is 1.72. The summed E-state index contributed by atoms with van der Waals surface area (Å²) in [6, 6.07) is 18.0. The first-order valence-corrected chi connectivity index (χ1v) is 10.2. The number of carbonyl (C=O) groups excluding carboxylic acids is 1. The summed E-state index contributed by atoms with van der Waals surface area (Å²) in [6.07, 6.45) is 2.98. The highest BCUT2D eigenvalue weighted by atomic mass is 32.1. The Hall–Kier alpha value is -3.16. The first kappa shape index (κ1) is 19.2. The van der Waals surface area contributed by atoms with Crippen molar-refractivity contribution in [3.63, 3.8) is 0 Å². The lowest BCUT2D eigenvalue weighted by Crippen LogP contribution is -2.24. The molecule has 0 bridgehead atoms. The Balaban J connectivity index is 1.40. The van der Waals surface area contributed by atoms with E-state index in [1.54, 1.807) is 29.7 Å². The van der Waals surface area contributed by atoms with Crippen LogP contribution in [0.3, 0.4) is 0 Å². The lowest BCUT2D eigenvalue weighted by atomic mass is 10.2. The molecule has 0 saturated carbocycles. The van der Waals surface area contributed by atoms with E-state index in [1.807, 2.05) is 24.3 Å². The molecule has 0 atom stereocenters. The van der Waals surface area contributed by atoms with E-state index in [9.17, 15) is 4.79 Å². The number of amides is 1. The maximum Gasteiger partial charge on any atom is 0.273 e. The first-order valence-electron chi connectivity index (χ1n) is 9.30. The third kappa shape index (κ3) is 5.43. The molecule has 0 unspecified atom stereocenters. The van der Waals surface area contributed by atoms with Crippen molar-refractivity contribution in [2.75, 3.05) is 0 Å². The molecule has 3 aromatic heterocycles. The topological polar surface area (TPSA) is 71.5 Å². The number of aromatic nitrogens is 1. The number of benzene rings is 1. The SMILES string of the molecule is O=C(NCc1ccco1)c1coc(CN(Cc2ccccc2)Cc2cccs2)n1. The van der Waals surface area contributed by atoms with Crippen molar-refractivity contribution >= 4 is 17.2 Å². The Morgan fingerprint density at radius 2 is 1.90 bits per heavy atom. The normalized spacial score (nSPS) is 11.1. The van der Waals surface area contributed by atoms with Gasteiger partial charge in [-0.1, -0.05) is 36.4 Å². The van der Waals surface area contributed by atoms with Crippen LogP contribution in [0.5, 0.6) is 0 Å². The average Bonchev–Trinajstić information content (AvgIpc) is 3.50. The molecule has 7 heteroatoms. The fourth-order valence-corrected chi connectivity index (χ4v) is 3.73. The van der Waals surface area contributed by atoms with Crippen molar-refractivity contribution < 1.29 is 13.6 Å². The molecule has 1 N–H and O–H groups in total. The van der Waals surface area contributed by atoms with Gasteiger partial charge in [-0.15, -0.1) is 11.3 Å². The van der Waals surface area contributed by atoms with E-state index in [-0.39, 0.29) is 11.6 Å². The van der Waals surface area contributed by atoms with Crippen LogP contribution in [0.4, 0.5) is 0 Å². The third-order valence-corrected chi connectivity index (χ3v) is 5.22. The van der Waals surface area contributed by atoms with Crippen LogP contribution in [0.25, 0.3) is 0 Å². The fourth-order valence-electron chi connectivity index (χ4n) is 2.98. The van der Waals surface area contributed by atoms with Crippen molar-refractivity contribution in [2.45, 2.75) is 26.2 Å². The van der Waals surface area contributed by atoms with Gasteiger partial charge in [0, 0.05) is 18.0 Å². The van der Waals surface area contributed by atoms with Gasteiger partial charge in [-0.3, -0.25) is 9.69 Å². The minimum atomic E-state index is -0.288. The van der Waals surface area contributed by atoms with Gasteiger partial charge in [0.05, 0.1) is 19.4 Å². The Morgan fingerprint density at radius 1 is 1.00 bits per heavy atom. The van der Waals surface area contributed by atoms with Gasteiger partial charge < -0.3 is 14.2 Å². The lowest BCUT2D eigenvalue weighted by Gasteiger charge is -2.20. The number of rotatable bonds is 9. The Kier molecular flexibility index (Phi) is 6.19. The molecular weight excluding hydrogens is 386 g/mol. The van der Waals surface area contributed by atoms with E-state index in [0.717, 1.165) is 13.1 Å². The zero-order valence-corrected chi connectivity index (χ0v) is 16.6. The molecule has 1 aromatic carbocycles. The number of oxazole rings is 1. The predicted molar refractivity (Wildman–Crippen MR) is 110 cm³/mol. The summed E-state index contributed by atoms with van der Waals surface area (Å²) in [4.78, 5) is 20.2. The average molecular weight is 407 g/mol. The zero-order chi connectivity index (χ0) is 19.9.